The van der Waals surface area contributed by atoms with Crippen LogP contribution < -0.4 is 0 Å². The molecule has 0 fully saturated rings. The summed E-state index contributed by atoms with van der Waals surface area (Å²) in [6.07, 6.45) is 1.62. The highest BCUT2D eigenvalue weighted by atomic mass is 16.3. The third-order valence-electron chi connectivity index (χ3n) is 4.96. The van der Waals surface area contributed by atoms with Crippen molar-refractivity contribution in [2.45, 2.75) is 59.8 Å². The van der Waals surface area contributed by atoms with Gasteiger partial charge in [0, 0.05) is 5.41 Å². The van der Waals surface area contributed by atoms with Crippen LogP contribution in [0.4, 0.5) is 0 Å². The fourth-order valence-corrected chi connectivity index (χ4v) is 3.13. The zero-order valence-electron chi connectivity index (χ0n) is 15.1. The minimum absolute atomic E-state index is 0.190. The third kappa shape index (κ3) is 3.08. The van der Waals surface area contributed by atoms with Crippen LogP contribution in [0.1, 0.15) is 61.1 Å². The van der Waals surface area contributed by atoms with Crippen molar-refractivity contribution in [1.29, 1.82) is 0 Å². The lowest BCUT2D eigenvalue weighted by Crippen LogP contribution is -2.20. The second kappa shape index (κ2) is 6.27. The van der Waals surface area contributed by atoms with Crippen LogP contribution in [0, 0.1) is 13.8 Å². The number of hydrogen-bond acceptors (Lipinski definition) is 2. The van der Waals surface area contributed by atoms with Gasteiger partial charge in [-0.15, -0.1) is 0 Å². The van der Waals surface area contributed by atoms with Gasteiger partial charge < -0.3 is 10.2 Å². The molecule has 0 aromatic heterocycles. The second-order valence-electron chi connectivity index (χ2n) is 6.93. The Morgan fingerprint density at radius 1 is 0.739 bits per heavy atom. The Morgan fingerprint density at radius 3 is 1.39 bits per heavy atom. The van der Waals surface area contributed by atoms with Gasteiger partial charge in [0.05, 0.1) is 0 Å². The lowest BCUT2D eigenvalue weighted by Gasteiger charge is -2.29. The summed E-state index contributed by atoms with van der Waals surface area (Å²) in [5, 5.41) is 20.4. The van der Waals surface area contributed by atoms with E-state index in [1.807, 2.05) is 13.8 Å². The maximum absolute atomic E-state index is 10.2. The zero-order chi connectivity index (χ0) is 17.4. The van der Waals surface area contributed by atoms with Crippen LogP contribution >= 0.6 is 0 Å². The predicted molar refractivity (Wildman–Crippen MR) is 96.6 cm³/mol. The van der Waals surface area contributed by atoms with Gasteiger partial charge in [-0.3, -0.25) is 0 Å². The molecule has 23 heavy (non-hydrogen) atoms. The number of hydrogen-bond donors (Lipinski definition) is 2. The summed E-state index contributed by atoms with van der Waals surface area (Å²) >= 11 is 0. The molecule has 2 rings (SSSR count). The smallest absolute Gasteiger partial charge is 0.121 e. The molecule has 2 nitrogen and oxygen atoms in total. The molecule has 0 aliphatic carbocycles. The van der Waals surface area contributed by atoms with E-state index in [1.54, 1.807) is 0 Å². The van der Waals surface area contributed by atoms with E-state index >= 15 is 0 Å². The van der Waals surface area contributed by atoms with Crippen molar-refractivity contribution in [2.24, 2.45) is 0 Å². The topological polar surface area (TPSA) is 40.5 Å². The first kappa shape index (κ1) is 17.4. The highest BCUT2D eigenvalue weighted by molar-refractivity contribution is 5.51. The summed E-state index contributed by atoms with van der Waals surface area (Å²) in [7, 11) is 0. The standard InChI is InChI=1S/C21H28O2/c1-7-15-11-17(9-13(3)19(15)22)21(5,6)18-10-14(4)20(23)16(8-2)12-18/h9-12,22-23H,7-8H2,1-6H3. The average Bonchev–Trinajstić information content (AvgIpc) is 2.52. The van der Waals surface area contributed by atoms with E-state index in [0.717, 1.165) is 35.1 Å². The Labute approximate surface area is 139 Å². The molecule has 2 heteroatoms. The summed E-state index contributed by atoms with van der Waals surface area (Å²) in [4.78, 5) is 0. The normalized spacial score (nSPS) is 11.7. The molecule has 0 heterocycles. The van der Waals surface area contributed by atoms with E-state index < -0.39 is 0 Å². The Hall–Kier alpha value is -1.96. The van der Waals surface area contributed by atoms with E-state index in [4.69, 9.17) is 0 Å². The largest absolute Gasteiger partial charge is 0.507 e. The minimum atomic E-state index is -0.190. The van der Waals surface area contributed by atoms with Crippen molar-refractivity contribution in [2.75, 3.05) is 0 Å². The van der Waals surface area contributed by atoms with Gasteiger partial charge in [-0.1, -0.05) is 52.0 Å². The molecule has 0 unspecified atom stereocenters. The first-order valence-electron chi connectivity index (χ1n) is 8.38. The van der Waals surface area contributed by atoms with Crippen molar-refractivity contribution < 1.29 is 10.2 Å². The summed E-state index contributed by atoms with van der Waals surface area (Å²) in [5.41, 5.74) is 5.99. The molecule has 0 atom stereocenters. The summed E-state index contributed by atoms with van der Waals surface area (Å²) in [5.74, 6) is 0.811. The maximum Gasteiger partial charge on any atom is 0.121 e. The van der Waals surface area contributed by atoms with Gasteiger partial charge in [0.15, 0.2) is 0 Å². The molecule has 0 radical (unpaired) electrons. The van der Waals surface area contributed by atoms with Gasteiger partial charge in [-0.05, 0) is 60.1 Å². The van der Waals surface area contributed by atoms with Crippen molar-refractivity contribution in [3.63, 3.8) is 0 Å². The predicted octanol–water partition coefficient (Wildman–Crippen LogP) is 5.17. The molecule has 0 bridgehead atoms. The molecule has 2 aromatic rings. The van der Waals surface area contributed by atoms with Gasteiger partial charge in [0.25, 0.3) is 0 Å². The van der Waals surface area contributed by atoms with Crippen molar-refractivity contribution in [1.82, 2.24) is 0 Å². The van der Waals surface area contributed by atoms with Crippen molar-refractivity contribution in [3.8, 4) is 11.5 Å². The van der Waals surface area contributed by atoms with E-state index in [2.05, 4.69) is 52.0 Å². The van der Waals surface area contributed by atoms with Gasteiger partial charge in [-0.25, -0.2) is 0 Å². The lowest BCUT2D eigenvalue weighted by atomic mass is 9.75. The van der Waals surface area contributed by atoms with Crippen LogP contribution in [0.5, 0.6) is 11.5 Å². The summed E-state index contributed by atoms with van der Waals surface area (Å²) in [6, 6.07) is 8.36. The van der Waals surface area contributed by atoms with Crippen LogP contribution in [-0.2, 0) is 18.3 Å². The fraction of sp³-hybridized carbons (Fsp3) is 0.429. The van der Waals surface area contributed by atoms with Gasteiger partial charge >= 0.3 is 0 Å². The quantitative estimate of drug-likeness (QED) is 0.818. The lowest BCUT2D eigenvalue weighted by molar-refractivity contribution is 0.462. The average molecular weight is 312 g/mol. The number of phenolic OH excluding ortho intramolecular Hbond substituents is 2. The van der Waals surface area contributed by atoms with Crippen LogP contribution in [0.3, 0.4) is 0 Å². The third-order valence-corrected chi connectivity index (χ3v) is 4.96. The molecule has 0 amide bonds. The van der Waals surface area contributed by atoms with Gasteiger partial charge in [0.2, 0.25) is 0 Å². The maximum atomic E-state index is 10.2. The van der Waals surface area contributed by atoms with Crippen LogP contribution in [-0.4, -0.2) is 10.2 Å². The molecule has 0 aliphatic rings. The number of phenols is 2. The number of aryl methyl sites for hydroxylation is 4. The Balaban J connectivity index is 2.63. The minimum Gasteiger partial charge on any atom is -0.507 e. The zero-order valence-corrected chi connectivity index (χ0v) is 15.1. The molecule has 0 saturated heterocycles. The highest BCUT2D eigenvalue weighted by Crippen LogP contribution is 2.38. The van der Waals surface area contributed by atoms with E-state index in [1.165, 1.54) is 11.1 Å². The van der Waals surface area contributed by atoms with E-state index in [0.29, 0.717) is 11.5 Å². The Bertz CT molecular complexity index is 666. The number of benzene rings is 2. The molecule has 124 valence electrons. The summed E-state index contributed by atoms with van der Waals surface area (Å²) < 4.78 is 0. The fourth-order valence-electron chi connectivity index (χ4n) is 3.13. The highest BCUT2D eigenvalue weighted by Gasteiger charge is 2.26. The van der Waals surface area contributed by atoms with E-state index in [9.17, 15) is 10.2 Å². The van der Waals surface area contributed by atoms with Crippen molar-refractivity contribution in [3.05, 3.63) is 57.6 Å². The van der Waals surface area contributed by atoms with Gasteiger partial charge in [0.1, 0.15) is 11.5 Å². The van der Waals surface area contributed by atoms with Crippen LogP contribution in [0.15, 0.2) is 24.3 Å². The summed E-state index contributed by atoms with van der Waals surface area (Å²) in [6.45, 7) is 12.4. The molecule has 2 aromatic carbocycles. The molecular weight excluding hydrogens is 284 g/mol. The monoisotopic (exact) mass is 312 g/mol. The SMILES string of the molecule is CCc1cc(C(C)(C)c2cc(C)c(O)c(CC)c2)cc(C)c1O. The molecule has 2 N–H and O–H groups in total. The first-order valence-corrected chi connectivity index (χ1v) is 8.38. The molecule has 0 saturated carbocycles. The second-order valence-corrected chi connectivity index (χ2v) is 6.93. The van der Waals surface area contributed by atoms with Crippen molar-refractivity contribution >= 4 is 0 Å². The van der Waals surface area contributed by atoms with Crippen LogP contribution in [0.25, 0.3) is 0 Å². The Kier molecular flexibility index (Phi) is 4.74. The molecular formula is C21H28O2. The van der Waals surface area contributed by atoms with Gasteiger partial charge in [-0.2, -0.15) is 0 Å². The first-order chi connectivity index (χ1) is 10.7. The molecule has 0 aliphatic heterocycles. The molecule has 0 spiro atoms. The van der Waals surface area contributed by atoms with Crippen LogP contribution in [0.2, 0.25) is 0 Å². The van der Waals surface area contributed by atoms with E-state index in [-0.39, 0.29) is 5.41 Å². The number of aromatic hydroxyl groups is 2. The Morgan fingerprint density at radius 2 is 1.09 bits per heavy atom. The number of rotatable bonds is 4.